The van der Waals surface area contributed by atoms with Crippen LogP contribution in [-0.2, 0) is 0 Å². The van der Waals surface area contributed by atoms with Crippen LogP contribution in [0.1, 0.15) is 39.0 Å². The molecular weight excluding hydrogens is 196 g/mol. The fraction of sp³-hybridized carbons (Fsp3) is 0.857. The summed E-state index contributed by atoms with van der Waals surface area (Å²) in [5.41, 5.74) is 0. The second kappa shape index (κ2) is 8.77. The van der Waals surface area contributed by atoms with E-state index in [0.29, 0.717) is 0 Å². The van der Waals surface area contributed by atoms with Crippen molar-refractivity contribution in [2.75, 3.05) is 33.2 Å². The molecule has 1 aliphatic carbocycles. The first-order valence-electron chi connectivity index (χ1n) is 6.87. The molecule has 0 saturated carbocycles. The molecule has 0 heterocycles. The summed E-state index contributed by atoms with van der Waals surface area (Å²) >= 11 is 0. The summed E-state index contributed by atoms with van der Waals surface area (Å²) in [6, 6.07) is 0. The van der Waals surface area contributed by atoms with E-state index < -0.39 is 0 Å². The molecule has 0 amide bonds. The number of nitrogens with one attached hydrogen (secondary N) is 1. The van der Waals surface area contributed by atoms with Gasteiger partial charge in [0.1, 0.15) is 0 Å². The molecule has 0 spiro atoms. The normalized spacial score (nSPS) is 20.6. The maximum Gasteiger partial charge on any atom is 0.0104 e. The van der Waals surface area contributed by atoms with E-state index in [1.165, 1.54) is 51.7 Å². The van der Waals surface area contributed by atoms with Crippen molar-refractivity contribution in [3.05, 3.63) is 12.2 Å². The van der Waals surface area contributed by atoms with Gasteiger partial charge in [0.25, 0.3) is 0 Å². The van der Waals surface area contributed by atoms with E-state index in [2.05, 4.69) is 36.3 Å². The number of nitrogens with zero attached hydrogens (tertiary/aromatic N) is 1. The second-order valence-corrected chi connectivity index (χ2v) is 5.01. The van der Waals surface area contributed by atoms with Crippen LogP contribution in [0.4, 0.5) is 0 Å². The number of hydrogen-bond acceptors (Lipinski definition) is 2. The molecule has 16 heavy (non-hydrogen) atoms. The van der Waals surface area contributed by atoms with Crippen molar-refractivity contribution >= 4 is 0 Å². The highest BCUT2D eigenvalue weighted by molar-refractivity contribution is 4.90. The predicted molar refractivity (Wildman–Crippen MR) is 71.8 cm³/mol. The molecule has 0 fully saturated rings. The number of unbranched alkanes of at least 4 members (excludes halogenated alkanes) is 1. The van der Waals surface area contributed by atoms with Crippen LogP contribution in [0.3, 0.4) is 0 Å². The zero-order chi connectivity index (χ0) is 11.6. The van der Waals surface area contributed by atoms with Gasteiger partial charge in [0.2, 0.25) is 0 Å². The van der Waals surface area contributed by atoms with Crippen molar-refractivity contribution in [2.45, 2.75) is 39.0 Å². The SMILES string of the molecule is CCCCN(C)CCNCC1CC=CCC1. The Morgan fingerprint density at radius 3 is 2.88 bits per heavy atom. The van der Waals surface area contributed by atoms with Gasteiger partial charge in [0, 0.05) is 13.1 Å². The Hall–Kier alpha value is -0.340. The fourth-order valence-corrected chi connectivity index (χ4v) is 2.16. The van der Waals surface area contributed by atoms with E-state index in [9.17, 15) is 0 Å². The zero-order valence-corrected chi connectivity index (χ0v) is 11.0. The van der Waals surface area contributed by atoms with Crippen molar-refractivity contribution in [1.29, 1.82) is 0 Å². The van der Waals surface area contributed by atoms with Gasteiger partial charge in [0.05, 0.1) is 0 Å². The lowest BCUT2D eigenvalue weighted by molar-refractivity contribution is 0.319. The highest BCUT2D eigenvalue weighted by atomic mass is 15.1. The predicted octanol–water partition coefficient (Wildman–Crippen LogP) is 2.66. The molecule has 0 saturated heterocycles. The van der Waals surface area contributed by atoms with Gasteiger partial charge in [-0.2, -0.15) is 0 Å². The van der Waals surface area contributed by atoms with Gasteiger partial charge in [-0.3, -0.25) is 0 Å². The molecule has 1 aliphatic rings. The maximum absolute atomic E-state index is 3.59. The highest BCUT2D eigenvalue weighted by Gasteiger charge is 2.08. The summed E-state index contributed by atoms with van der Waals surface area (Å²) in [7, 11) is 2.22. The standard InChI is InChI=1S/C14H28N2/c1-3-4-11-16(2)12-10-15-13-14-8-6-5-7-9-14/h5-6,14-15H,3-4,7-13H2,1-2H3. The first kappa shape index (κ1) is 13.7. The topological polar surface area (TPSA) is 15.3 Å². The minimum absolute atomic E-state index is 0.881. The Balaban J connectivity index is 1.92. The first-order valence-corrected chi connectivity index (χ1v) is 6.87. The lowest BCUT2D eigenvalue weighted by Crippen LogP contribution is -2.32. The van der Waals surface area contributed by atoms with Crippen LogP contribution in [0.15, 0.2) is 12.2 Å². The summed E-state index contributed by atoms with van der Waals surface area (Å²) in [4.78, 5) is 2.43. The van der Waals surface area contributed by atoms with E-state index in [1.807, 2.05) is 0 Å². The number of hydrogen-bond donors (Lipinski definition) is 1. The van der Waals surface area contributed by atoms with Crippen molar-refractivity contribution in [1.82, 2.24) is 10.2 Å². The van der Waals surface area contributed by atoms with Crippen molar-refractivity contribution in [2.24, 2.45) is 5.92 Å². The third-order valence-corrected chi connectivity index (χ3v) is 3.37. The van der Waals surface area contributed by atoms with E-state index in [0.717, 1.165) is 12.5 Å². The smallest absolute Gasteiger partial charge is 0.0104 e. The Morgan fingerprint density at radius 2 is 2.19 bits per heavy atom. The van der Waals surface area contributed by atoms with Gasteiger partial charge < -0.3 is 10.2 Å². The number of likely N-dealkylation sites (N-methyl/N-ethyl adjacent to an activating group) is 1. The molecule has 0 radical (unpaired) electrons. The Kier molecular flexibility index (Phi) is 7.52. The number of rotatable bonds is 8. The van der Waals surface area contributed by atoms with E-state index >= 15 is 0 Å². The molecule has 1 rings (SSSR count). The summed E-state index contributed by atoms with van der Waals surface area (Å²) in [6.07, 6.45) is 11.2. The zero-order valence-electron chi connectivity index (χ0n) is 11.0. The van der Waals surface area contributed by atoms with E-state index in [-0.39, 0.29) is 0 Å². The van der Waals surface area contributed by atoms with E-state index in [1.54, 1.807) is 0 Å². The van der Waals surface area contributed by atoms with Crippen LogP contribution in [0.5, 0.6) is 0 Å². The van der Waals surface area contributed by atoms with Crippen LogP contribution >= 0.6 is 0 Å². The molecule has 0 aromatic rings. The molecule has 1 atom stereocenters. The number of allylic oxidation sites excluding steroid dienone is 2. The van der Waals surface area contributed by atoms with Crippen LogP contribution in [0, 0.1) is 5.92 Å². The van der Waals surface area contributed by atoms with Crippen molar-refractivity contribution < 1.29 is 0 Å². The van der Waals surface area contributed by atoms with E-state index in [4.69, 9.17) is 0 Å². The molecule has 0 aromatic carbocycles. The average molecular weight is 224 g/mol. The summed E-state index contributed by atoms with van der Waals surface area (Å²) in [6.45, 7) is 7.02. The van der Waals surface area contributed by atoms with Gasteiger partial charge in [0.15, 0.2) is 0 Å². The third-order valence-electron chi connectivity index (χ3n) is 3.37. The molecular formula is C14H28N2. The molecule has 1 N–H and O–H groups in total. The van der Waals surface area contributed by atoms with Crippen LogP contribution in [0.2, 0.25) is 0 Å². The average Bonchev–Trinajstić information content (AvgIpc) is 2.33. The van der Waals surface area contributed by atoms with Crippen molar-refractivity contribution in [3.63, 3.8) is 0 Å². The monoisotopic (exact) mass is 224 g/mol. The fourth-order valence-electron chi connectivity index (χ4n) is 2.16. The lowest BCUT2D eigenvalue weighted by atomic mass is 9.94. The molecule has 2 heteroatoms. The molecule has 0 aromatic heterocycles. The Bertz CT molecular complexity index is 189. The van der Waals surface area contributed by atoms with Gasteiger partial charge in [-0.15, -0.1) is 0 Å². The van der Waals surface area contributed by atoms with Gasteiger partial charge in [-0.25, -0.2) is 0 Å². The largest absolute Gasteiger partial charge is 0.315 e. The van der Waals surface area contributed by atoms with Gasteiger partial charge >= 0.3 is 0 Å². The molecule has 2 nitrogen and oxygen atoms in total. The molecule has 0 aliphatic heterocycles. The molecule has 94 valence electrons. The minimum Gasteiger partial charge on any atom is -0.315 e. The summed E-state index contributed by atoms with van der Waals surface area (Å²) < 4.78 is 0. The van der Waals surface area contributed by atoms with Gasteiger partial charge in [-0.05, 0) is 51.7 Å². The molecule has 1 unspecified atom stereocenters. The second-order valence-electron chi connectivity index (χ2n) is 5.01. The van der Waals surface area contributed by atoms with Gasteiger partial charge in [-0.1, -0.05) is 25.5 Å². The quantitative estimate of drug-likeness (QED) is 0.504. The van der Waals surface area contributed by atoms with Crippen LogP contribution in [-0.4, -0.2) is 38.1 Å². The lowest BCUT2D eigenvalue weighted by Gasteiger charge is -2.20. The molecule has 0 bridgehead atoms. The highest BCUT2D eigenvalue weighted by Crippen LogP contribution is 2.16. The van der Waals surface area contributed by atoms with Crippen LogP contribution < -0.4 is 5.32 Å². The first-order chi connectivity index (χ1) is 7.83. The van der Waals surface area contributed by atoms with Crippen LogP contribution in [0.25, 0.3) is 0 Å². The maximum atomic E-state index is 3.59. The Morgan fingerprint density at radius 1 is 1.31 bits per heavy atom. The third kappa shape index (κ3) is 6.29. The minimum atomic E-state index is 0.881. The summed E-state index contributed by atoms with van der Waals surface area (Å²) in [5.74, 6) is 0.881. The Labute approximate surface area is 101 Å². The van der Waals surface area contributed by atoms with Crippen molar-refractivity contribution in [3.8, 4) is 0 Å². The summed E-state index contributed by atoms with van der Waals surface area (Å²) in [5, 5.41) is 3.59.